The average Bonchev–Trinajstić information content (AvgIpc) is 2.54. The van der Waals surface area contributed by atoms with Crippen LogP contribution in [0.5, 0.6) is 5.75 Å². The molecule has 3 rings (SSSR count). The first-order valence-electron chi connectivity index (χ1n) is 7.69. The summed E-state index contributed by atoms with van der Waals surface area (Å²) in [5, 5.41) is 11.9. The van der Waals surface area contributed by atoms with Gasteiger partial charge < -0.3 is 15.2 Å². The largest absolute Gasteiger partial charge is 0.488 e. The Bertz CT molecular complexity index is 663. The number of carboxylic acids is 1. The number of aliphatic carboxylic acids is 1. The van der Waals surface area contributed by atoms with E-state index in [0.717, 1.165) is 0 Å². The van der Waals surface area contributed by atoms with Crippen molar-refractivity contribution in [3.05, 3.63) is 35.2 Å². The number of fused-ring (bicyclic) bond motifs is 1. The van der Waals surface area contributed by atoms with Crippen LogP contribution >= 0.6 is 0 Å². The average molecular weight is 319 g/mol. The summed E-state index contributed by atoms with van der Waals surface area (Å²) in [6.45, 7) is 0.148. The second kappa shape index (κ2) is 6.40. The van der Waals surface area contributed by atoms with Gasteiger partial charge in [0.25, 0.3) is 5.91 Å². The molecule has 5 nitrogen and oxygen atoms in total. The van der Waals surface area contributed by atoms with Gasteiger partial charge in [0.15, 0.2) is 0 Å². The lowest BCUT2D eigenvalue weighted by molar-refractivity contribution is -0.142. The number of carbonyl (C=O) groups is 2. The summed E-state index contributed by atoms with van der Waals surface area (Å²) >= 11 is 0. The lowest BCUT2D eigenvalue weighted by atomic mass is 9.86. The van der Waals surface area contributed by atoms with Crippen molar-refractivity contribution in [2.45, 2.75) is 31.7 Å². The molecule has 0 atom stereocenters. The van der Waals surface area contributed by atoms with Gasteiger partial charge in [0, 0.05) is 11.6 Å². The Morgan fingerprint density at radius 3 is 2.65 bits per heavy atom. The molecule has 2 aliphatic rings. The molecule has 0 spiro atoms. The van der Waals surface area contributed by atoms with Crippen LogP contribution in [0.25, 0.3) is 6.08 Å². The predicted octanol–water partition coefficient (Wildman–Crippen LogP) is 2.36. The monoisotopic (exact) mass is 319 g/mol. The molecular weight excluding hydrogens is 301 g/mol. The topological polar surface area (TPSA) is 75.6 Å². The summed E-state index contributed by atoms with van der Waals surface area (Å²) in [5.74, 6) is -1.13. The molecule has 1 aliphatic carbocycles. The second-order valence-electron chi connectivity index (χ2n) is 6.00. The maximum atomic E-state index is 13.3. The highest BCUT2D eigenvalue weighted by atomic mass is 19.1. The van der Waals surface area contributed by atoms with Gasteiger partial charge in [-0.2, -0.15) is 0 Å². The highest BCUT2D eigenvalue weighted by Crippen LogP contribution is 2.28. The quantitative estimate of drug-likeness (QED) is 0.897. The van der Waals surface area contributed by atoms with Gasteiger partial charge >= 0.3 is 5.97 Å². The van der Waals surface area contributed by atoms with Crippen molar-refractivity contribution in [1.82, 2.24) is 5.32 Å². The van der Waals surface area contributed by atoms with Crippen molar-refractivity contribution in [3.8, 4) is 5.75 Å². The van der Waals surface area contributed by atoms with Crippen LogP contribution in [0.4, 0.5) is 4.39 Å². The van der Waals surface area contributed by atoms with Crippen molar-refractivity contribution in [2.75, 3.05) is 6.61 Å². The fraction of sp³-hybridized carbons (Fsp3) is 0.412. The molecule has 1 amide bonds. The number of ether oxygens (including phenoxy) is 1. The zero-order valence-electron chi connectivity index (χ0n) is 12.5. The Hall–Kier alpha value is -2.37. The summed E-state index contributed by atoms with van der Waals surface area (Å²) in [7, 11) is 0. The van der Waals surface area contributed by atoms with E-state index in [1.54, 1.807) is 12.1 Å². The molecule has 0 aromatic heterocycles. The van der Waals surface area contributed by atoms with Crippen molar-refractivity contribution in [1.29, 1.82) is 0 Å². The molecule has 1 saturated carbocycles. The van der Waals surface area contributed by atoms with Crippen LogP contribution in [0.2, 0.25) is 0 Å². The molecule has 0 saturated heterocycles. The number of benzene rings is 1. The summed E-state index contributed by atoms with van der Waals surface area (Å²) in [4.78, 5) is 23.2. The first kappa shape index (κ1) is 15.5. The molecule has 6 heteroatoms. The minimum atomic E-state index is -0.767. The number of nitrogens with one attached hydrogen (secondary N) is 1. The lowest BCUT2D eigenvalue weighted by Crippen LogP contribution is -2.40. The predicted molar refractivity (Wildman–Crippen MR) is 81.4 cm³/mol. The Morgan fingerprint density at radius 2 is 1.96 bits per heavy atom. The van der Waals surface area contributed by atoms with Crippen LogP contribution in [0.3, 0.4) is 0 Å². The van der Waals surface area contributed by atoms with Gasteiger partial charge in [-0.3, -0.25) is 9.59 Å². The van der Waals surface area contributed by atoms with E-state index in [4.69, 9.17) is 9.84 Å². The van der Waals surface area contributed by atoms with Crippen LogP contribution in [0.15, 0.2) is 23.8 Å². The van der Waals surface area contributed by atoms with Crippen molar-refractivity contribution in [3.63, 3.8) is 0 Å². The normalized spacial score (nSPS) is 23.3. The third-order valence-electron chi connectivity index (χ3n) is 4.39. The van der Waals surface area contributed by atoms with E-state index < -0.39 is 5.97 Å². The van der Waals surface area contributed by atoms with Gasteiger partial charge in [0.1, 0.15) is 18.2 Å². The first-order chi connectivity index (χ1) is 11.0. The summed E-state index contributed by atoms with van der Waals surface area (Å²) in [6, 6.07) is 4.18. The van der Waals surface area contributed by atoms with Gasteiger partial charge in [-0.05, 0) is 50.0 Å². The maximum absolute atomic E-state index is 13.3. The van der Waals surface area contributed by atoms with E-state index >= 15 is 0 Å². The van der Waals surface area contributed by atoms with E-state index in [1.807, 2.05) is 0 Å². The SMILES string of the molecule is O=C(NC1CCC(C(=O)O)CC1)C1=Cc2cc(F)ccc2OC1. The third kappa shape index (κ3) is 3.52. The number of rotatable bonds is 3. The second-order valence-corrected chi connectivity index (χ2v) is 6.00. The number of hydrogen-bond acceptors (Lipinski definition) is 3. The molecule has 2 N–H and O–H groups in total. The highest BCUT2D eigenvalue weighted by molar-refractivity contribution is 5.99. The molecule has 1 aromatic carbocycles. The van der Waals surface area contributed by atoms with Crippen LogP contribution in [-0.4, -0.2) is 29.6 Å². The van der Waals surface area contributed by atoms with Gasteiger partial charge in [-0.15, -0.1) is 0 Å². The standard InChI is InChI=1S/C17H18FNO4/c18-13-3-6-15-11(8-13)7-12(9-23-15)16(20)19-14-4-1-10(2-5-14)17(21)22/h3,6-8,10,14H,1-2,4-5,9H2,(H,19,20)(H,21,22). The smallest absolute Gasteiger partial charge is 0.306 e. The van der Waals surface area contributed by atoms with Crippen molar-refractivity contribution < 1.29 is 23.8 Å². The van der Waals surface area contributed by atoms with Gasteiger partial charge in [0.2, 0.25) is 0 Å². The molecular formula is C17H18FNO4. The van der Waals surface area contributed by atoms with E-state index in [1.165, 1.54) is 12.1 Å². The Morgan fingerprint density at radius 1 is 1.22 bits per heavy atom. The van der Waals surface area contributed by atoms with E-state index in [2.05, 4.69) is 5.32 Å². The molecule has 0 unspecified atom stereocenters. The van der Waals surface area contributed by atoms with E-state index in [9.17, 15) is 14.0 Å². The van der Waals surface area contributed by atoms with Gasteiger partial charge in [0.05, 0.1) is 11.5 Å². The molecule has 1 heterocycles. The molecule has 23 heavy (non-hydrogen) atoms. The Kier molecular flexibility index (Phi) is 4.32. The number of amides is 1. The minimum absolute atomic E-state index is 0.0205. The fourth-order valence-electron chi connectivity index (χ4n) is 3.04. The third-order valence-corrected chi connectivity index (χ3v) is 4.39. The molecule has 122 valence electrons. The van der Waals surface area contributed by atoms with Gasteiger partial charge in [-0.25, -0.2) is 4.39 Å². The minimum Gasteiger partial charge on any atom is -0.488 e. The Balaban J connectivity index is 1.62. The van der Waals surface area contributed by atoms with E-state index in [0.29, 0.717) is 42.6 Å². The number of carbonyl (C=O) groups excluding carboxylic acids is 1. The number of hydrogen-bond donors (Lipinski definition) is 2. The van der Waals surface area contributed by atoms with Crippen molar-refractivity contribution in [2.24, 2.45) is 5.92 Å². The zero-order chi connectivity index (χ0) is 16.4. The molecule has 0 bridgehead atoms. The summed E-state index contributed by atoms with van der Waals surface area (Å²) in [5.41, 5.74) is 0.999. The first-order valence-corrected chi connectivity index (χ1v) is 7.69. The van der Waals surface area contributed by atoms with Crippen LogP contribution in [-0.2, 0) is 9.59 Å². The molecule has 1 fully saturated rings. The maximum Gasteiger partial charge on any atom is 0.306 e. The Labute approximate surface area is 133 Å². The molecule has 1 aromatic rings. The molecule has 0 radical (unpaired) electrons. The highest BCUT2D eigenvalue weighted by Gasteiger charge is 2.27. The van der Waals surface area contributed by atoms with Crippen LogP contribution in [0.1, 0.15) is 31.2 Å². The summed E-state index contributed by atoms with van der Waals surface area (Å²) < 4.78 is 18.7. The van der Waals surface area contributed by atoms with Crippen molar-refractivity contribution >= 4 is 18.0 Å². The van der Waals surface area contributed by atoms with Gasteiger partial charge in [-0.1, -0.05) is 0 Å². The molecule has 1 aliphatic heterocycles. The zero-order valence-corrected chi connectivity index (χ0v) is 12.5. The number of carboxylic acid groups (broad SMARTS) is 1. The summed E-state index contributed by atoms with van der Waals surface area (Å²) in [6.07, 6.45) is 4.10. The van der Waals surface area contributed by atoms with E-state index in [-0.39, 0.29) is 30.3 Å². The van der Waals surface area contributed by atoms with Crippen LogP contribution < -0.4 is 10.1 Å². The fourth-order valence-corrected chi connectivity index (χ4v) is 3.04. The number of halogens is 1. The van der Waals surface area contributed by atoms with Crippen LogP contribution in [0, 0.1) is 11.7 Å². The lowest BCUT2D eigenvalue weighted by Gasteiger charge is -2.27.